The Hall–Kier alpha value is -1.10. The topological polar surface area (TPSA) is 61.4 Å². The van der Waals surface area contributed by atoms with Crippen LogP contribution in [0.2, 0.25) is 0 Å². The molecule has 0 aliphatic heterocycles. The van der Waals surface area contributed by atoms with Gasteiger partial charge >= 0.3 is 6.03 Å². The second kappa shape index (κ2) is 8.15. The van der Waals surface area contributed by atoms with E-state index < -0.39 is 6.03 Å². The monoisotopic (exact) mass is 269 g/mol. The number of nitrogens with zero attached hydrogens (tertiary/aromatic N) is 1. The van der Waals surface area contributed by atoms with E-state index in [9.17, 15) is 9.59 Å². The smallest absolute Gasteiger partial charge is 0.321 e. The molecule has 19 heavy (non-hydrogen) atoms. The Morgan fingerprint density at radius 1 is 1.21 bits per heavy atom. The third kappa shape index (κ3) is 6.05. The SMILES string of the molecule is CCCNC(=O)NC(=O)CN(C)C1CCC(C)CC1. The highest BCUT2D eigenvalue weighted by Gasteiger charge is 2.23. The van der Waals surface area contributed by atoms with Crippen molar-refractivity contribution in [2.24, 2.45) is 5.92 Å². The Balaban J connectivity index is 2.25. The molecule has 3 amide bonds. The van der Waals surface area contributed by atoms with Crippen LogP contribution in [0.5, 0.6) is 0 Å². The van der Waals surface area contributed by atoms with Gasteiger partial charge in [0, 0.05) is 12.6 Å². The molecule has 1 fully saturated rings. The molecule has 0 aromatic carbocycles. The first-order chi connectivity index (χ1) is 9.02. The van der Waals surface area contributed by atoms with Gasteiger partial charge in [-0.3, -0.25) is 15.0 Å². The number of nitrogens with one attached hydrogen (secondary N) is 2. The summed E-state index contributed by atoms with van der Waals surface area (Å²) in [6, 6.07) is 0.0816. The molecule has 5 heteroatoms. The molecule has 0 aromatic rings. The van der Waals surface area contributed by atoms with Gasteiger partial charge in [0.15, 0.2) is 0 Å². The molecule has 2 N–H and O–H groups in total. The van der Waals surface area contributed by atoms with Gasteiger partial charge in [-0.15, -0.1) is 0 Å². The molecule has 0 heterocycles. The summed E-state index contributed by atoms with van der Waals surface area (Å²) in [4.78, 5) is 25.1. The van der Waals surface area contributed by atoms with E-state index in [1.54, 1.807) is 0 Å². The Morgan fingerprint density at radius 3 is 2.42 bits per heavy atom. The summed E-state index contributed by atoms with van der Waals surface area (Å²) in [6.07, 6.45) is 5.61. The second-order valence-corrected chi connectivity index (χ2v) is 5.63. The molecular formula is C14H27N3O2. The average molecular weight is 269 g/mol. The van der Waals surface area contributed by atoms with Gasteiger partial charge in [0.2, 0.25) is 5.91 Å². The largest absolute Gasteiger partial charge is 0.338 e. The van der Waals surface area contributed by atoms with E-state index in [4.69, 9.17) is 0 Å². The lowest BCUT2D eigenvalue weighted by atomic mass is 9.87. The number of hydrogen-bond donors (Lipinski definition) is 2. The molecule has 1 aliphatic rings. The molecule has 5 nitrogen and oxygen atoms in total. The molecule has 0 saturated heterocycles. The number of rotatable bonds is 5. The molecule has 0 atom stereocenters. The fraction of sp³-hybridized carbons (Fsp3) is 0.857. The molecule has 1 rings (SSSR count). The Kier molecular flexibility index (Phi) is 6.84. The summed E-state index contributed by atoms with van der Waals surface area (Å²) in [7, 11) is 1.96. The quantitative estimate of drug-likeness (QED) is 0.799. The zero-order valence-corrected chi connectivity index (χ0v) is 12.4. The van der Waals surface area contributed by atoms with Crippen LogP contribution in [0.1, 0.15) is 46.0 Å². The van der Waals surface area contributed by atoms with Gasteiger partial charge in [-0.2, -0.15) is 0 Å². The summed E-state index contributed by atoms with van der Waals surface area (Å²) >= 11 is 0. The van der Waals surface area contributed by atoms with Gasteiger partial charge in [0.05, 0.1) is 6.54 Å². The van der Waals surface area contributed by atoms with Crippen LogP contribution in [0.4, 0.5) is 4.79 Å². The predicted molar refractivity (Wildman–Crippen MR) is 75.9 cm³/mol. The first-order valence-electron chi connectivity index (χ1n) is 7.30. The molecule has 1 saturated carbocycles. The lowest BCUT2D eigenvalue weighted by molar-refractivity contribution is -0.121. The van der Waals surface area contributed by atoms with Gasteiger partial charge in [-0.25, -0.2) is 4.79 Å². The zero-order chi connectivity index (χ0) is 14.3. The van der Waals surface area contributed by atoms with Crippen molar-refractivity contribution in [2.75, 3.05) is 20.1 Å². The molecule has 0 aromatic heterocycles. The highest BCUT2D eigenvalue weighted by Crippen LogP contribution is 2.26. The molecular weight excluding hydrogens is 242 g/mol. The van der Waals surface area contributed by atoms with E-state index in [0.29, 0.717) is 19.1 Å². The van der Waals surface area contributed by atoms with Gasteiger partial charge in [-0.05, 0) is 45.1 Å². The lowest BCUT2D eigenvalue weighted by Gasteiger charge is -2.33. The van der Waals surface area contributed by atoms with Crippen molar-refractivity contribution in [1.82, 2.24) is 15.5 Å². The van der Waals surface area contributed by atoms with Gasteiger partial charge in [-0.1, -0.05) is 13.8 Å². The highest BCUT2D eigenvalue weighted by molar-refractivity contribution is 5.95. The summed E-state index contributed by atoms with van der Waals surface area (Å²) in [5.74, 6) is 0.577. The standard InChI is InChI=1S/C14H27N3O2/c1-4-9-15-14(19)16-13(18)10-17(3)12-7-5-11(2)6-8-12/h11-12H,4-10H2,1-3H3,(H2,15,16,18,19). The van der Waals surface area contributed by atoms with Crippen molar-refractivity contribution in [3.63, 3.8) is 0 Å². The third-order valence-corrected chi connectivity index (χ3v) is 3.79. The van der Waals surface area contributed by atoms with Gasteiger partial charge in [0.25, 0.3) is 0 Å². The Bertz CT molecular complexity index is 299. The molecule has 0 spiro atoms. The maximum Gasteiger partial charge on any atom is 0.321 e. The van der Waals surface area contributed by atoms with Gasteiger partial charge < -0.3 is 5.32 Å². The number of carbonyl (C=O) groups excluding carboxylic acids is 2. The second-order valence-electron chi connectivity index (χ2n) is 5.63. The van der Waals surface area contributed by atoms with Crippen LogP contribution >= 0.6 is 0 Å². The van der Waals surface area contributed by atoms with Crippen LogP contribution in [0.3, 0.4) is 0 Å². The first-order valence-corrected chi connectivity index (χ1v) is 7.30. The number of likely N-dealkylation sites (N-methyl/N-ethyl adjacent to an activating group) is 1. The number of amides is 3. The number of urea groups is 1. The maximum absolute atomic E-state index is 11.7. The Labute approximate surface area is 116 Å². The fourth-order valence-corrected chi connectivity index (χ4v) is 2.49. The van der Waals surface area contributed by atoms with Crippen LogP contribution in [0.25, 0.3) is 0 Å². The first kappa shape index (κ1) is 16.0. The van der Waals surface area contributed by atoms with Crippen molar-refractivity contribution in [3.05, 3.63) is 0 Å². The van der Waals surface area contributed by atoms with Gasteiger partial charge in [0.1, 0.15) is 0 Å². The number of hydrogen-bond acceptors (Lipinski definition) is 3. The molecule has 1 aliphatic carbocycles. The van der Waals surface area contributed by atoms with Crippen LogP contribution in [0.15, 0.2) is 0 Å². The normalized spacial score (nSPS) is 23.2. The zero-order valence-electron chi connectivity index (χ0n) is 12.4. The van der Waals surface area contributed by atoms with E-state index in [0.717, 1.165) is 25.2 Å². The van der Waals surface area contributed by atoms with E-state index in [-0.39, 0.29) is 5.91 Å². The van der Waals surface area contributed by atoms with Crippen LogP contribution < -0.4 is 10.6 Å². The third-order valence-electron chi connectivity index (χ3n) is 3.79. The van der Waals surface area contributed by atoms with Crippen LogP contribution in [-0.4, -0.2) is 43.0 Å². The summed E-state index contributed by atoms with van der Waals surface area (Å²) in [6.45, 7) is 5.13. The average Bonchev–Trinajstić information content (AvgIpc) is 2.36. The van der Waals surface area contributed by atoms with E-state index in [1.165, 1.54) is 12.8 Å². The van der Waals surface area contributed by atoms with Crippen molar-refractivity contribution < 1.29 is 9.59 Å². The summed E-state index contributed by atoms with van der Waals surface area (Å²) < 4.78 is 0. The minimum atomic E-state index is -0.391. The highest BCUT2D eigenvalue weighted by atomic mass is 16.2. The number of imide groups is 1. The molecule has 0 radical (unpaired) electrons. The van der Waals surface area contributed by atoms with E-state index in [2.05, 4.69) is 22.5 Å². The Morgan fingerprint density at radius 2 is 1.84 bits per heavy atom. The molecule has 0 bridgehead atoms. The summed E-state index contributed by atoms with van der Waals surface area (Å²) in [5.41, 5.74) is 0. The van der Waals surface area contributed by atoms with Crippen molar-refractivity contribution in [1.29, 1.82) is 0 Å². The molecule has 110 valence electrons. The van der Waals surface area contributed by atoms with Crippen LogP contribution in [-0.2, 0) is 4.79 Å². The minimum Gasteiger partial charge on any atom is -0.338 e. The predicted octanol–water partition coefficient (Wildman–Crippen LogP) is 1.73. The number of carbonyl (C=O) groups is 2. The van der Waals surface area contributed by atoms with Crippen molar-refractivity contribution >= 4 is 11.9 Å². The maximum atomic E-state index is 11.7. The van der Waals surface area contributed by atoms with Crippen molar-refractivity contribution in [3.8, 4) is 0 Å². The summed E-state index contributed by atoms with van der Waals surface area (Å²) in [5, 5.41) is 5.00. The van der Waals surface area contributed by atoms with Crippen molar-refractivity contribution in [2.45, 2.75) is 52.0 Å². The minimum absolute atomic E-state index is 0.227. The fourth-order valence-electron chi connectivity index (χ4n) is 2.49. The lowest BCUT2D eigenvalue weighted by Crippen LogP contribution is -2.46. The van der Waals surface area contributed by atoms with Crippen LogP contribution in [0, 0.1) is 5.92 Å². The van der Waals surface area contributed by atoms with E-state index >= 15 is 0 Å². The molecule has 0 unspecified atom stereocenters. The van der Waals surface area contributed by atoms with E-state index in [1.807, 2.05) is 14.0 Å².